The van der Waals surface area contributed by atoms with E-state index in [2.05, 4.69) is 289 Å². The Labute approximate surface area is 505 Å². The molecular formula is C78H58BClO2S2. The van der Waals surface area contributed by atoms with Crippen molar-refractivity contribution in [2.75, 3.05) is 0 Å². The molecule has 0 spiro atoms. The number of rotatable bonds is 9. The molecule has 1 saturated heterocycles. The maximum absolute atomic E-state index is 6.37. The summed E-state index contributed by atoms with van der Waals surface area (Å²) in [6.07, 6.45) is 0. The van der Waals surface area contributed by atoms with Crippen LogP contribution in [0.3, 0.4) is 0 Å². The molecule has 15 rings (SSSR count). The summed E-state index contributed by atoms with van der Waals surface area (Å²) in [5.74, 6) is 0. The zero-order valence-electron chi connectivity index (χ0n) is 47.1. The lowest BCUT2D eigenvalue weighted by Crippen LogP contribution is -2.41. The minimum atomic E-state index is -0.391. The van der Waals surface area contributed by atoms with Crippen LogP contribution in [-0.4, -0.2) is 18.3 Å². The second kappa shape index (κ2) is 22.2. The first kappa shape index (κ1) is 53.4. The second-order valence-electron chi connectivity index (χ2n) is 22.7. The van der Waals surface area contributed by atoms with Crippen LogP contribution < -0.4 is 5.46 Å². The highest BCUT2D eigenvalue weighted by Gasteiger charge is 2.51. The van der Waals surface area contributed by atoms with E-state index in [1.807, 2.05) is 40.9 Å². The molecule has 0 N–H and O–H groups in total. The highest BCUT2D eigenvalue weighted by Crippen LogP contribution is 2.48. The Morgan fingerprint density at radius 2 is 0.619 bits per heavy atom. The lowest BCUT2D eigenvalue weighted by Gasteiger charge is -2.32. The van der Waals surface area contributed by atoms with Crippen LogP contribution in [0.15, 0.2) is 279 Å². The molecule has 0 atom stereocenters. The average molecular weight is 1140 g/mol. The highest BCUT2D eigenvalue weighted by atomic mass is 35.5. The van der Waals surface area contributed by atoms with Gasteiger partial charge in [0, 0.05) is 45.4 Å². The van der Waals surface area contributed by atoms with E-state index in [1.165, 1.54) is 113 Å². The predicted octanol–water partition coefficient (Wildman–Crippen LogP) is 22.4. The molecule has 12 aromatic carbocycles. The molecule has 0 saturated carbocycles. The van der Waals surface area contributed by atoms with Crippen molar-refractivity contribution in [3.63, 3.8) is 0 Å². The van der Waals surface area contributed by atoms with Gasteiger partial charge in [-0.25, -0.2) is 0 Å². The second-order valence-corrected chi connectivity index (χ2v) is 25.2. The van der Waals surface area contributed by atoms with Crippen molar-refractivity contribution in [2.24, 2.45) is 0 Å². The van der Waals surface area contributed by atoms with Gasteiger partial charge in [-0.3, -0.25) is 0 Å². The third-order valence-electron chi connectivity index (χ3n) is 16.9. The molecule has 3 heterocycles. The fourth-order valence-electron chi connectivity index (χ4n) is 11.8. The standard InChI is InChI=1S/C42H35BO2S.C36H23ClS/c1-41(2)42(3,4)45-43(44-41)34-20-12-17-31(27-34)30-16-11-18-32(26-30)35-23-24-36(40-39(35)37-21-8-9-22-38(37)46-40)33-19-10-15-29(25-33)28-13-6-5-7-14-28;37-30-16-8-13-27(23-30)26-12-7-14-28(22-26)31-19-20-32(36-35(31)33-17-4-5-18-34(33)38-36)29-15-6-11-25(21-29)24-9-2-1-3-10-24/h5-27H,1-4H3;1-23H. The predicted molar refractivity (Wildman–Crippen MR) is 363 cm³/mol. The normalized spacial score (nSPS) is 13.6. The molecule has 0 bridgehead atoms. The Balaban J connectivity index is 0.000000152. The lowest BCUT2D eigenvalue weighted by molar-refractivity contribution is 0.00578. The van der Waals surface area contributed by atoms with E-state index in [0.29, 0.717) is 0 Å². The number of thiophene rings is 2. The van der Waals surface area contributed by atoms with Crippen LogP contribution in [0.4, 0.5) is 0 Å². The highest BCUT2D eigenvalue weighted by molar-refractivity contribution is 7.27. The zero-order chi connectivity index (χ0) is 56.9. The molecule has 0 unspecified atom stereocenters. The zero-order valence-corrected chi connectivity index (χ0v) is 49.5. The number of hydrogen-bond acceptors (Lipinski definition) is 4. The molecular weight excluding hydrogens is 1080 g/mol. The molecule has 2 nitrogen and oxygen atoms in total. The molecule has 6 heteroatoms. The van der Waals surface area contributed by atoms with Crippen molar-refractivity contribution >= 4 is 87.2 Å². The van der Waals surface area contributed by atoms with Crippen LogP contribution in [0.1, 0.15) is 27.7 Å². The van der Waals surface area contributed by atoms with E-state index in [0.717, 1.165) is 27.2 Å². The summed E-state index contributed by atoms with van der Waals surface area (Å²) in [4.78, 5) is 0. The fourth-order valence-corrected chi connectivity index (χ4v) is 14.5. The van der Waals surface area contributed by atoms with Gasteiger partial charge in [-0.1, -0.05) is 242 Å². The minimum absolute atomic E-state index is 0.378. The Morgan fingerprint density at radius 1 is 0.298 bits per heavy atom. The molecule has 0 radical (unpaired) electrons. The summed E-state index contributed by atoms with van der Waals surface area (Å²) in [6, 6.07) is 100. The van der Waals surface area contributed by atoms with E-state index in [-0.39, 0.29) is 11.2 Å². The van der Waals surface area contributed by atoms with Crippen LogP contribution in [-0.2, 0) is 9.31 Å². The monoisotopic (exact) mass is 1140 g/mol. The minimum Gasteiger partial charge on any atom is -0.399 e. The van der Waals surface area contributed by atoms with Crippen LogP contribution in [0.2, 0.25) is 5.02 Å². The molecule has 1 aliphatic heterocycles. The number of fused-ring (bicyclic) bond motifs is 6. The molecule has 0 aliphatic carbocycles. The van der Waals surface area contributed by atoms with Gasteiger partial charge in [-0.15, -0.1) is 22.7 Å². The SMILES string of the molecule is CC1(C)OB(c2cccc(-c3cccc(-c4ccc(-c5cccc(-c6ccccc6)c5)c5sc6ccccc6c45)c3)c2)OC1(C)C.Clc1cccc(-c2cccc(-c3ccc(-c4cccc(-c5ccccc5)c4)c4sc5ccccc5c34)c2)c1. The Hall–Kier alpha value is -8.65. The largest absolute Gasteiger partial charge is 0.494 e. The molecule has 1 aliphatic rings. The fraction of sp³-hybridized carbons (Fsp3) is 0.0769. The van der Waals surface area contributed by atoms with Gasteiger partial charge in [0.1, 0.15) is 0 Å². The van der Waals surface area contributed by atoms with Crippen molar-refractivity contribution in [1.29, 1.82) is 0 Å². The van der Waals surface area contributed by atoms with Gasteiger partial charge in [-0.05, 0) is 171 Å². The van der Waals surface area contributed by atoms with E-state index in [1.54, 1.807) is 0 Å². The summed E-state index contributed by atoms with van der Waals surface area (Å²) in [5.41, 5.74) is 19.7. The Morgan fingerprint density at radius 3 is 1.06 bits per heavy atom. The van der Waals surface area contributed by atoms with Gasteiger partial charge >= 0.3 is 7.12 Å². The maximum Gasteiger partial charge on any atom is 0.494 e. The molecule has 0 amide bonds. The van der Waals surface area contributed by atoms with Crippen molar-refractivity contribution in [3.05, 3.63) is 284 Å². The maximum atomic E-state index is 6.37. The van der Waals surface area contributed by atoms with E-state index < -0.39 is 7.12 Å². The van der Waals surface area contributed by atoms with Gasteiger partial charge in [-0.2, -0.15) is 0 Å². The molecule has 84 heavy (non-hydrogen) atoms. The first-order chi connectivity index (χ1) is 41.0. The first-order valence-electron chi connectivity index (χ1n) is 28.6. The summed E-state index contributed by atoms with van der Waals surface area (Å²) >= 11 is 10.1. The van der Waals surface area contributed by atoms with Gasteiger partial charge in [0.25, 0.3) is 0 Å². The van der Waals surface area contributed by atoms with Crippen LogP contribution in [0.5, 0.6) is 0 Å². The van der Waals surface area contributed by atoms with Gasteiger partial charge < -0.3 is 9.31 Å². The lowest BCUT2D eigenvalue weighted by atomic mass is 9.78. The Bertz CT molecular complexity index is 4750. The van der Waals surface area contributed by atoms with E-state index in [9.17, 15) is 0 Å². The van der Waals surface area contributed by atoms with E-state index >= 15 is 0 Å². The van der Waals surface area contributed by atoms with Gasteiger partial charge in [0.15, 0.2) is 0 Å². The van der Waals surface area contributed by atoms with Gasteiger partial charge in [0.2, 0.25) is 0 Å². The summed E-state index contributed by atoms with van der Waals surface area (Å²) in [6.45, 7) is 8.39. The molecule has 1 fully saturated rings. The smallest absolute Gasteiger partial charge is 0.399 e. The topological polar surface area (TPSA) is 18.5 Å². The van der Waals surface area contributed by atoms with E-state index in [4.69, 9.17) is 20.9 Å². The number of hydrogen-bond donors (Lipinski definition) is 0. The van der Waals surface area contributed by atoms with Crippen molar-refractivity contribution < 1.29 is 9.31 Å². The summed E-state index contributed by atoms with van der Waals surface area (Å²) in [5, 5.41) is 5.98. The van der Waals surface area contributed by atoms with Crippen LogP contribution in [0, 0.1) is 0 Å². The molecule has 14 aromatic rings. The van der Waals surface area contributed by atoms with Crippen molar-refractivity contribution in [2.45, 2.75) is 38.9 Å². The summed E-state index contributed by atoms with van der Waals surface area (Å²) < 4.78 is 18.0. The van der Waals surface area contributed by atoms with Crippen molar-refractivity contribution in [3.8, 4) is 89.0 Å². The number of halogens is 1. The number of benzene rings is 12. The quantitative estimate of drug-likeness (QED) is 0.134. The Kier molecular flexibility index (Phi) is 14.1. The van der Waals surface area contributed by atoms with Crippen LogP contribution >= 0.6 is 34.3 Å². The average Bonchev–Trinajstić information content (AvgIpc) is 3.38. The van der Waals surface area contributed by atoms with Gasteiger partial charge in [0.05, 0.1) is 11.2 Å². The third kappa shape index (κ3) is 10.2. The van der Waals surface area contributed by atoms with Crippen LogP contribution in [0.25, 0.3) is 129 Å². The molecule has 2 aromatic heterocycles. The first-order valence-corrected chi connectivity index (χ1v) is 30.7. The molecule has 404 valence electrons. The summed E-state index contributed by atoms with van der Waals surface area (Å²) in [7, 11) is -0.391. The third-order valence-corrected chi connectivity index (χ3v) is 19.5. The van der Waals surface area contributed by atoms with Crippen molar-refractivity contribution in [1.82, 2.24) is 0 Å².